The van der Waals surface area contributed by atoms with Crippen LogP contribution in [0.15, 0.2) is 53.4 Å². The largest absolute Gasteiger partial charge is 0.417 e. The van der Waals surface area contributed by atoms with Gasteiger partial charge in [-0.2, -0.15) is 0 Å². The number of amides is 1. The fourth-order valence-electron chi connectivity index (χ4n) is 1.46. The highest BCUT2D eigenvalue weighted by molar-refractivity contribution is 7.98. The molecule has 0 fully saturated rings. The molecule has 0 aliphatic heterocycles. The molecule has 1 amide bonds. The number of ether oxygens (including phenoxy) is 1. The summed E-state index contributed by atoms with van der Waals surface area (Å²) in [6.45, 7) is 0. The molecule has 19 heavy (non-hydrogen) atoms. The lowest BCUT2D eigenvalue weighted by Gasteiger charge is -2.07. The number of anilines is 1. The summed E-state index contributed by atoms with van der Waals surface area (Å²) in [6, 6.07) is 12.7. The Hall–Kier alpha value is -2.01. The monoisotopic (exact) mass is 277 g/mol. The summed E-state index contributed by atoms with van der Waals surface area (Å²) in [6.07, 6.45) is 1.31. The SMILES string of the molecule is CSc1ccc(OC(=O)Nc2cccc(F)c2)cc1. The van der Waals surface area contributed by atoms with E-state index >= 15 is 0 Å². The smallest absolute Gasteiger partial charge is 0.410 e. The summed E-state index contributed by atoms with van der Waals surface area (Å²) in [5.41, 5.74) is 0.353. The van der Waals surface area contributed by atoms with Crippen LogP contribution in [0.2, 0.25) is 0 Å². The number of halogens is 1. The van der Waals surface area contributed by atoms with Crippen molar-refractivity contribution in [1.82, 2.24) is 0 Å². The Kier molecular flexibility index (Phi) is 4.41. The number of hydrogen-bond donors (Lipinski definition) is 1. The molecule has 0 aromatic heterocycles. The molecular weight excluding hydrogens is 265 g/mol. The van der Waals surface area contributed by atoms with E-state index in [0.717, 1.165) is 4.90 Å². The van der Waals surface area contributed by atoms with Gasteiger partial charge in [0.25, 0.3) is 0 Å². The number of nitrogens with one attached hydrogen (secondary N) is 1. The van der Waals surface area contributed by atoms with Crippen LogP contribution in [0, 0.1) is 5.82 Å². The first kappa shape index (κ1) is 13.4. The molecule has 5 heteroatoms. The molecule has 0 saturated carbocycles. The van der Waals surface area contributed by atoms with Crippen molar-refractivity contribution in [2.45, 2.75) is 4.90 Å². The van der Waals surface area contributed by atoms with Gasteiger partial charge in [-0.3, -0.25) is 5.32 Å². The molecule has 0 spiro atoms. The van der Waals surface area contributed by atoms with Gasteiger partial charge in [0.15, 0.2) is 0 Å². The van der Waals surface area contributed by atoms with Crippen LogP contribution < -0.4 is 10.1 Å². The summed E-state index contributed by atoms with van der Waals surface area (Å²) in [5, 5.41) is 2.45. The Morgan fingerprint density at radius 2 is 1.95 bits per heavy atom. The van der Waals surface area contributed by atoms with Crippen LogP contribution in [0.5, 0.6) is 5.75 Å². The van der Waals surface area contributed by atoms with E-state index in [1.807, 2.05) is 18.4 Å². The molecule has 3 nitrogen and oxygen atoms in total. The molecule has 2 rings (SSSR count). The predicted molar refractivity (Wildman–Crippen MR) is 74.3 cm³/mol. The predicted octanol–water partition coefficient (Wildman–Crippen LogP) is 4.16. The van der Waals surface area contributed by atoms with Crippen LogP contribution in [0.4, 0.5) is 14.9 Å². The average Bonchev–Trinajstić information content (AvgIpc) is 2.39. The first-order valence-electron chi connectivity index (χ1n) is 5.56. The number of hydrogen-bond acceptors (Lipinski definition) is 3. The Morgan fingerprint density at radius 3 is 2.58 bits per heavy atom. The van der Waals surface area contributed by atoms with Crippen molar-refractivity contribution < 1.29 is 13.9 Å². The van der Waals surface area contributed by atoms with Gasteiger partial charge >= 0.3 is 6.09 Å². The third-order valence-corrected chi connectivity index (χ3v) is 3.08. The van der Waals surface area contributed by atoms with Crippen LogP contribution in [0.3, 0.4) is 0 Å². The third-order valence-electron chi connectivity index (χ3n) is 2.34. The van der Waals surface area contributed by atoms with Crippen molar-refractivity contribution in [3.8, 4) is 5.75 Å². The van der Waals surface area contributed by atoms with Crippen molar-refractivity contribution >= 4 is 23.5 Å². The Morgan fingerprint density at radius 1 is 1.21 bits per heavy atom. The first-order chi connectivity index (χ1) is 9.17. The van der Waals surface area contributed by atoms with Gasteiger partial charge in [0.05, 0.1) is 0 Å². The molecule has 2 aromatic rings. The maximum Gasteiger partial charge on any atom is 0.417 e. The lowest BCUT2D eigenvalue weighted by atomic mass is 10.3. The number of benzene rings is 2. The van der Waals surface area contributed by atoms with Crippen molar-refractivity contribution in [3.63, 3.8) is 0 Å². The summed E-state index contributed by atoms with van der Waals surface area (Å²) in [4.78, 5) is 12.7. The molecule has 0 heterocycles. The molecule has 0 radical (unpaired) electrons. The normalized spacial score (nSPS) is 10.0. The van der Waals surface area contributed by atoms with Gasteiger partial charge < -0.3 is 4.74 Å². The van der Waals surface area contributed by atoms with E-state index in [9.17, 15) is 9.18 Å². The van der Waals surface area contributed by atoms with E-state index < -0.39 is 11.9 Å². The standard InChI is InChI=1S/C14H12FNO2S/c1-19-13-7-5-12(6-8-13)18-14(17)16-11-4-2-3-10(15)9-11/h2-9H,1H3,(H,16,17). The fraction of sp³-hybridized carbons (Fsp3) is 0.0714. The van der Waals surface area contributed by atoms with Crippen LogP contribution in [-0.4, -0.2) is 12.3 Å². The van der Waals surface area contributed by atoms with Crippen LogP contribution in [0.1, 0.15) is 0 Å². The molecule has 0 bridgehead atoms. The zero-order chi connectivity index (χ0) is 13.7. The second kappa shape index (κ2) is 6.24. The fourth-order valence-corrected chi connectivity index (χ4v) is 1.87. The summed E-state index contributed by atoms with van der Waals surface area (Å²) < 4.78 is 18.0. The molecule has 0 saturated heterocycles. The minimum absolute atomic E-state index is 0.353. The number of thioether (sulfide) groups is 1. The van der Waals surface area contributed by atoms with Gasteiger partial charge in [0, 0.05) is 10.6 Å². The summed E-state index contributed by atoms with van der Waals surface area (Å²) in [5.74, 6) is 0.0221. The van der Waals surface area contributed by atoms with E-state index in [-0.39, 0.29) is 0 Å². The zero-order valence-electron chi connectivity index (χ0n) is 10.2. The van der Waals surface area contributed by atoms with Gasteiger partial charge in [-0.15, -0.1) is 11.8 Å². The zero-order valence-corrected chi connectivity index (χ0v) is 11.0. The minimum atomic E-state index is -0.650. The van der Waals surface area contributed by atoms with Gasteiger partial charge in [-0.1, -0.05) is 6.07 Å². The van der Waals surface area contributed by atoms with Gasteiger partial charge in [0.1, 0.15) is 11.6 Å². The van der Waals surface area contributed by atoms with Crippen molar-refractivity contribution in [2.24, 2.45) is 0 Å². The molecule has 1 N–H and O–H groups in total. The van der Waals surface area contributed by atoms with E-state index in [1.54, 1.807) is 30.0 Å². The van der Waals surface area contributed by atoms with Crippen molar-refractivity contribution in [3.05, 3.63) is 54.3 Å². The Bertz CT molecular complexity index is 572. The number of carbonyl (C=O) groups excluding carboxylic acids is 1. The van der Waals surface area contributed by atoms with Crippen LogP contribution >= 0.6 is 11.8 Å². The topological polar surface area (TPSA) is 38.3 Å². The lowest BCUT2D eigenvalue weighted by molar-refractivity contribution is 0.215. The highest BCUT2D eigenvalue weighted by Crippen LogP contribution is 2.19. The molecule has 0 aliphatic carbocycles. The van der Waals surface area contributed by atoms with Crippen molar-refractivity contribution in [1.29, 1.82) is 0 Å². The lowest BCUT2D eigenvalue weighted by Crippen LogP contribution is -2.16. The molecule has 98 valence electrons. The van der Waals surface area contributed by atoms with Crippen molar-refractivity contribution in [2.75, 3.05) is 11.6 Å². The average molecular weight is 277 g/mol. The maximum atomic E-state index is 12.9. The van der Waals surface area contributed by atoms with Crippen LogP contribution in [0.25, 0.3) is 0 Å². The van der Waals surface area contributed by atoms with E-state index in [0.29, 0.717) is 11.4 Å². The number of rotatable bonds is 3. The quantitative estimate of drug-likeness (QED) is 0.856. The maximum absolute atomic E-state index is 12.9. The molecule has 2 aromatic carbocycles. The molecule has 0 unspecified atom stereocenters. The highest BCUT2D eigenvalue weighted by Gasteiger charge is 2.05. The minimum Gasteiger partial charge on any atom is -0.410 e. The van der Waals surface area contributed by atoms with E-state index in [1.165, 1.54) is 18.2 Å². The molecule has 0 aliphatic rings. The third kappa shape index (κ3) is 3.99. The molecule has 0 atom stereocenters. The molecular formula is C14H12FNO2S. The Balaban J connectivity index is 1.97. The highest BCUT2D eigenvalue weighted by atomic mass is 32.2. The number of carbonyl (C=O) groups is 1. The summed E-state index contributed by atoms with van der Waals surface area (Å²) in [7, 11) is 0. The first-order valence-corrected chi connectivity index (χ1v) is 6.78. The van der Waals surface area contributed by atoms with Gasteiger partial charge in [0.2, 0.25) is 0 Å². The summed E-state index contributed by atoms with van der Waals surface area (Å²) >= 11 is 1.60. The van der Waals surface area contributed by atoms with Crippen LogP contribution in [-0.2, 0) is 0 Å². The van der Waals surface area contributed by atoms with Gasteiger partial charge in [-0.05, 0) is 48.7 Å². The van der Waals surface area contributed by atoms with E-state index in [2.05, 4.69) is 5.32 Å². The Labute approximate surface area is 114 Å². The van der Waals surface area contributed by atoms with E-state index in [4.69, 9.17) is 4.74 Å². The second-order valence-corrected chi connectivity index (χ2v) is 4.58. The second-order valence-electron chi connectivity index (χ2n) is 3.70. The van der Waals surface area contributed by atoms with Gasteiger partial charge in [-0.25, -0.2) is 9.18 Å².